The molecule has 0 saturated heterocycles. The van der Waals surface area contributed by atoms with Gasteiger partial charge in [-0.15, -0.1) is 0 Å². The number of methoxy groups -OCH3 is 1. The van der Waals surface area contributed by atoms with E-state index in [1.165, 1.54) is 36.8 Å². The first kappa shape index (κ1) is 12.8. The fraction of sp³-hybridized carbons (Fsp3) is 0.467. The topological polar surface area (TPSA) is 9.23 Å². The summed E-state index contributed by atoms with van der Waals surface area (Å²) in [6.45, 7) is 4.43. The van der Waals surface area contributed by atoms with Gasteiger partial charge in [-0.05, 0) is 25.8 Å². The number of allylic oxidation sites excluding steroid dienone is 1. The van der Waals surface area contributed by atoms with E-state index < -0.39 is 0 Å². The molecule has 0 aromatic heterocycles. The van der Waals surface area contributed by atoms with Crippen molar-refractivity contribution in [3.8, 4) is 5.75 Å². The zero-order valence-electron chi connectivity index (χ0n) is 10.6. The minimum atomic E-state index is 0.956. The molecule has 0 unspecified atom stereocenters. The molecule has 0 N–H and O–H groups in total. The number of rotatable bonds is 6. The number of hydrogen-bond acceptors (Lipinski definition) is 1. The van der Waals surface area contributed by atoms with Crippen molar-refractivity contribution in [1.82, 2.24) is 0 Å². The highest BCUT2D eigenvalue weighted by Gasteiger charge is 1.98. The third-order valence-corrected chi connectivity index (χ3v) is 2.72. The van der Waals surface area contributed by atoms with Crippen LogP contribution in [-0.2, 0) is 0 Å². The molecule has 0 heterocycles. The van der Waals surface area contributed by atoms with E-state index in [-0.39, 0.29) is 0 Å². The third kappa shape index (κ3) is 4.09. The Kier molecular flexibility index (Phi) is 5.69. The standard InChI is InChI=1S/C15H22O/c1-4-5-6-9-13(2)12-14-10-7-8-11-15(14)16-3/h7-8,10-12H,4-6,9H2,1-3H3/b13-12+. The summed E-state index contributed by atoms with van der Waals surface area (Å²) in [7, 11) is 1.72. The summed E-state index contributed by atoms with van der Waals surface area (Å²) in [6.07, 6.45) is 7.30. The molecule has 16 heavy (non-hydrogen) atoms. The molecule has 1 rings (SSSR count). The lowest BCUT2D eigenvalue weighted by atomic mass is 10.1. The van der Waals surface area contributed by atoms with Gasteiger partial charge in [0.1, 0.15) is 5.75 Å². The maximum Gasteiger partial charge on any atom is 0.126 e. The minimum Gasteiger partial charge on any atom is -0.496 e. The molecule has 1 aromatic carbocycles. The van der Waals surface area contributed by atoms with E-state index in [0.29, 0.717) is 0 Å². The molecule has 88 valence electrons. The molecule has 0 bridgehead atoms. The van der Waals surface area contributed by atoms with Crippen molar-refractivity contribution in [1.29, 1.82) is 0 Å². The van der Waals surface area contributed by atoms with E-state index in [1.807, 2.05) is 18.2 Å². The summed E-state index contributed by atoms with van der Waals surface area (Å²) in [5.74, 6) is 0.956. The van der Waals surface area contributed by atoms with Gasteiger partial charge in [-0.2, -0.15) is 0 Å². The highest BCUT2D eigenvalue weighted by molar-refractivity contribution is 5.59. The van der Waals surface area contributed by atoms with Crippen LogP contribution in [0.15, 0.2) is 29.8 Å². The summed E-state index contributed by atoms with van der Waals surface area (Å²) in [4.78, 5) is 0. The fourth-order valence-corrected chi connectivity index (χ4v) is 1.78. The van der Waals surface area contributed by atoms with E-state index in [9.17, 15) is 0 Å². The highest BCUT2D eigenvalue weighted by atomic mass is 16.5. The van der Waals surface area contributed by atoms with Crippen LogP contribution >= 0.6 is 0 Å². The predicted molar refractivity (Wildman–Crippen MR) is 70.8 cm³/mol. The van der Waals surface area contributed by atoms with Gasteiger partial charge in [-0.3, -0.25) is 0 Å². The zero-order chi connectivity index (χ0) is 11.8. The molecule has 1 aromatic rings. The Bertz CT molecular complexity index is 339. The number of benzene rings is 1. The van der Waals surface area contributed by atoms with E-state index in [1.54, 1.807) is 7.11 Å². The molecule has 0 aliphatic rings. The number of para-hydroxylation sites is 1. The largest absolute Gasteiger partial charge is 0.496 e. The van der Waals surface area contributed by atoms with E-state index in [4.69, 9.17) is 4.74 Å². The van der Waals surface area contributed by atoms with Crippen LogP contribution in [0.3, 0.4) is 0 Å². The number of hydrogen-bond donors (Lipinski definition) is 0. The summed E-state index contributed by atoms with van der Waals surface area (Å²) in [5.41, 5.74) is 2.61. The number of unbranched alkanes of at least 4 members (excludes halogenated alkanes) is 2. The van der Waals surface area contributed by atoms with Gasteiger partial charge in [0.2, 0.25) is 0 Å². The van der Waals surface area contributed by atoms with Crippen molar-refractivity contribution in [3.05, 3.63) is 35.4 Å². The smallest absolute Gasteiger partial charge is 0.126 e. The van der Waals surface area contributed by atoms with Gasteiger partial charge in [-0.25, -0.2) is 0 Å². The second-order valence-electron chi connectivity index (χ2n) is 4.19. The third-order valence-electron chi connectivity index (χ3n) is 2.72. The van der Waals surface area contributed by atoms with Crippen molar-refractivity contribution < 1.29 is 4.74 Å². The van der Waals surface area contributed by atoms with Crippen molar-refractivity contribution in [2.24, 2.45) is 0 Å². The van der Waals surface area contributed by atoms with Crippen molar-refractivity contribution >= 4 is 6.08 Å². The average molecular weight is 218 g/mol. The first-order valence-electron chi connectivity index (χ1n) is 6.08. The van der Waals surface area contributed by atoms with Crippen molar-refractivity contribution in [2.75, 3.05) is 7.11 Å². The van der Waals surface area contributed by atoms with Gasteiger partial charge in [0, 0.05) is 5.56 Å². The second-order valence-corrected chi connectivity index (χ2v) is 4.19. The normalized spacial score (nSPS) is 11.6. The molecule has 0 saturated carbocycles. The van der Waals surface area contributed by atoms with E-state index in [0.717, 1.165) is 5.75 Å². The molecular formula is C15H22O. The molecule has 0 radical (unpaired) electrons. The van der Waals surface area contributed by atoms with Crippen LogP contribution in [0.2, 0.25) is 0 Å². The minimum absolute atomic E-state index is 0.956. The lowest BCUT2D eigenvalue weighted by molar-refractivity contribution is 0.414. The first-order valence-corrected chi connectivity index (χ1v) is 6.08. The Morgan fingerprint density at radius 3 is 2.69 bits per heavy atom. The molecule has 0 aliphatic carbocycles. The van der Waals surface area contributed by atoms with Crippen LogP contribution in [0.25, 0.3) is 6.08 Å². The van der Waals surface area contributed by atoms with Crippen LogP contribution in [0, 0.1) is 0 Å². The molecule has 0 fully saturated rings. The zero-order valence-corrected chi connectivity index (χ0v) is 10.6. The quantitative estimate of drug-likeness (QED) is 0.630. The average Bonchev–Trinajstić information content (AvgIpc) is 2.30. The van der Waals surface area contributed by atoms with Crippen LogP contribution < -0.4 is 4.74 Å². The van der Waals surface area contributed by atoms with Gasteiger partial charge in [-0.1, -0.05) is 49.6 Å². The van der Waals surface area contributed by atoms with Gasteiger partial charge >= 0.3 is 0 Å². The van der Waals surface area contributed by atoms with E-state index >= 15 is 0 Å². The highest BCUT2D eigenvalue weighted by Crippen LogP contribution is 2.21. The summed E-state index contributed by atoms with van der Waals surface area (Å²) in [5, 5.41) is 0. The van der Waals surface area contributed by atoms with Crippen molar-refractivity contribution in [2.45, 2.75) is 39.5 Å². The van der Waals surface area contributed by atoms with Crippen LogP contribution in [-0.4, -0.2) is 7.11 Å². The van der Waals surface area contributed by atoms with Crippen LogP contribution in [0.5, 0.6) is 5.75 Å². The summed E-state index contributed by atoms with van der Waals surface area (Å²) >= 11 is 0. The van der Waals surface area contributed by atoms with Gasteiger partial charge < -0.3 is 4.74 Å². The lowest BCUT2D eigenvalue weighted by Crippen LogP contribution is -1.87. The first-order chi connectivity index (χ1) is 7.77. The summed E-state index contributed by atoms with van der Waals surface area (Å²) in [6, 6.07) is 8.16. The molecule has 0 aliphatic heterocycles. The van der Waals surface area contributed by atoms with Crippen LogP contribution in [0.4, 0.5) is 0 Å². The SMILES string of the molecule is CCCCC/C(C)=C/c1ccccc1OC. The Hall–Kier alpha value is -1.24. The Labute approximate surface area is 99.1 Å². The molecule has 0 amide bonds. The molecular weight excluding hydrogens is 196 g/mol. The Morgan fingerprint density at radius 1 is 1.25 bits per heavy atom. The Morgan fingerprint density at radius 2 is 2.00 bits per heavy atom. The maximum atomic E-state index is 5.33. The van der Waals surface area contributed by atoms with Crippen LogP contribution in [0.1, 0.15) is 45.1 Å². The molecule has 1 heteroatoms. The molecule has 1 nitrogen and oxygen atoms in total. The van der Waals surface area contributed by atoms with Gasteiger partial charge in [0.25, 0.3) is 0 Å². The number of ether oxygens (including phenoxy) is 1. The fourth-order valence-electron chi connectivity index (χ4n) is 1.78. The molecule has 0 spiro atoms. The summed E-state index contributed by atoms with van der Waals surface area (Å²) < 4.78 is 5.33. The molecule has 0 atom stereocenters. The monoisotopic (exact) mass is 218 g/mol. The maximum absolute atomic E-state index is 5.33. The lowest BCUT2D eigenvalue weighted by Gasteiger charge is -2.06. The second kappa shape index (κ2) is 7.10. The van der Waals surface area contributed by atoms with E-state index in [2.05, 4.69) is 26.0 Å². The predicted octanol–water partition coefficient (Wildman–Crippen LogP) is 4.68. The van der Waals surface area contributed by atoms with Gasteiger partial charge in [0.15, 0.2) is 0 Å². The Balaban J connectivity index is 2.65. The van der Waals surface area contributed by atoms with Crippen molar-refractivity contribution in [3.63, 3.8) is 0 Å². The van der Waals surface area contributed by atoms with Gasteiger partial charge in [0.05, 0.1) is 7.11 Å².